The molecule has 0 N–H and O–H groups in total. The van der Waals surface area contributed by atoms with Crippen molar-refractivity contribution in [1.82, 2.24) is 0 Å². The van der Waals surface area contributed by atoms with Crippen LogP contribution in [-0.4, -0.2) is 0 Å². The summed E-state index contributed by atoms with van der Waals surface area (Å²) in [6, 6.07) is 0. The predicted molar refractivity (Wildman–Crippen MR) is 101 cm³/mol. The van der Waals surface area contributed by atoms with E-state index in [-0.39, 0.29) is 54.0 Å². The number of rotatable bonds is 6. The van der Waals surface area contributed by atoms with Crippen molar-refractivity contribution < 1.29 is 0 Å². The number of hydrogen-bond donors (Lipinski definition) is 0. The second-order valence-electron chi connectivity index (χ2n) is 3.41. The molecule has 0 aromatic heterocycles. The molecule has 0 rings (SSSR count). The second-order valence-corrected chi connectivity index (χ2v) is 3.41. The lowest BCUT2D eigenvalue weighted by Crippen LogP contribution is -1.66. The van der Waals surface area contributed by atoms with Gasteiger partial charge in [0, 0.05) is 0 Å². The Morgan fingerprint density at radius 1 is 0.375 bits per heavy atom. The third-order valence-electron chi connectivity index (χ3n) is 1.91. The molecular formula is C12H36S4. The minimum atomic E-state index is 0. The second kappa shape index (κ2) is 44.0. The summed E-state index contributed by atoms with van der Waals surface area (Å²) in [5.41, 5.74) is 0. The zero-order valence-corrected chi connectivity index (χ0v) is 15.7. The minimum Gasteiger partial charge on any atom is -0.197 e. The van der Waals surface area contributed by atoms with Crippen molar-refractivity contribution in [3.63, 3.8) is 0 Å². The number of unbranched alkanes of at least 4 members (excludes halogenated alkanes) is 6. The van der Waals surface area contributed by atoms with Crippen molar-refractivity contribution in [2.75, 3.05) is 0 Å². The van der Waals surface area contributed by atoms with Gasteiger partial charge in [-0.1, -0.05) is 79.1 Å². The first-order valence-electron chi connectivity index (χ1n) is 5.83. The van der Waals surface area contributed by atoms with Crippen molar-refractivity contribution in [3.05, 3.63) is 0 Å². The summed E-state index contributed by atoms with van der Waals surface area (Å²) < 4.78 is 0. The van der Waals surface area contributed by atoms with Gasteiger partial charge in [0.2, 0.25) is 0 Å². The molecule has 0 unspecified atom stereocenters. The van der Waals surface area contributed by atoms with Crippen LogP contribution >= 0.6 is 54.0 Å². The molecule has 0 aliphatic heterocycles. The van der Waals surface area contributed by atoms with E-state index in [1.807, 2.05) is 0 Å². The Kier molecular flexibility index (Phi) is 99.1. The summed E-state index contributed by atoms with van der Waals surface area (Å²) >= 11 is 0. The average molecular weight is 309 g/mol. The molecule has 0 saturated carbocycles. The molecule has 0 atom stereocenters. The van der Waals surface area contributed by atoms with Crippen LogP contribution in [0.1, 0.15) is 79.1 Å². The maximum atomic E-state index is 2.23. The third kappa shape index (κ3) is 58.3. The van der Waals surface area contributed by atoms with Gasteiger partial charge in [-0.2, -0.15) is 54.0 Å². The zero-order chi connectivity index (χ0) is 9.66. The fraction of sp³-hybridized carbons (Fsp3) is 1.00. The van der Waals surface area contributed by atoms with Crippen LogP contribution < -0.4 is 0 Å². The van der Waals surface area contributed by atoms with Gasteiger partial charge in [-0.15, -0.1) is 0 Å². The zero-order valence-electron chi connectivity index (χ0n) is 11.7. The Labute approximate surface area is 133 Å². The summed E-state index contributed by atoms with van der Waals surface area (Å²) in [7, 11) is 0. The summed E-state index contributed by atoms with van der Waals surface area (Å²) in [6.07, 6.45) is 11.1. The van der Waals surface area contributed by atoms with Gasteiger partial charge in [-0.3, -0.25) is 0 Å². The molecule has 0 bridgehead atoms. The molecule has 0 amide bonds. The predicted octanol–water partition coefficient (Wildman–Crippen LogP) is 5.62. The summed E-state index contributed by atoms with van der Waals surface area (Å²) in [6.45, 7) is 8.93. The molecular weight excluding hydrogens is 272 g/mol. The monoisotopic (exact) mass is 308 g/mol. The fourth-order valence-electron chi connectivity index (χ4n) is 1.000. The Bertz CT molecular complexity index is 45.0. The van der Waals surface area contributed by atoms with Gasteiger partial charge in [0.05, 0.1) is 0 Å². The first kappa shape index (κ1) is 36.0. The molecule has 0 spiro atoms. The van der Waals surface area contributed by atoms with Crippen LogP contribution in [-0.2, 0) is 0 Å². The fourth-order valence-corrected chi connectivity index (χ4v) is 1.000. The van der Waals surface area contributed by atoms with Gasteiger partial charge in [-0.05, 0) is 0 Å². The summed E-state index contributed by atoms with van der Waals surface area (Å²) in [4.78, 5) is 0. The van der Waals surface area contributed by atoms with Crippen LogP contribution in [0.4, 0.5) is 0 Å². The van der Waals surface area contributed by atoms with Crippen molar-refractivity contribution in [2.24, 2.45) is 0 Å². The maximum Gasteiger partial charge on any atom is -0.0536 e. The highest BCUT2D eigenvalue weighted by Gasteiger charge is 1.75. The number of hydrogen-bond acceptors (Lipinski definition) is 0. The molecule has 0 fully saturated rings. The van der Waals surface area contributed by atoms with Crippen LogP contribution in [0.3, 0.4) is 0 Å². The molecule has 0 aliphatic carbocycles. The van der Waals surface area contributed by atoms with E-state index in [2.05, 4.69) is 27.7 Å². The topological polar surface area (TPSA) is 0 Å². The van der Waals surface area contributed by atoms with Crippen molar-refractivity contribution in [3.8, 4) is 0 Å². The van der Waals surface area contributed by atoms with E-state index in [0.29, 0.717) is 0 Å². The Hall–Kier alpha value is 1.40. The summed E-state index contributed by atoms with van der Waals surface area (Å²) in [5.74, 6) is 0. The maximum absolute atomic E-state index is 2.23. The van der Waals surface area contributed by atoms with E-state index in [1.54, 1.807) is 0 Å². The standard InChI is InChI=1S/2C6H14.4H2S/c2*1-3-5-6-4-2;;;;/h2*3-6H2,1-2H3;4*1H2. The van der Waals surface area contributed by atoms with E-state index in [9.17, 15) is 0 Å². The Morgan fingerprint density at radius 2 is 0.500 bits per heavy atom. The van der Waals surface area contributed by atoms with Crippen molar-refractivity contribution >= 4 is 54.0 Å². The van der Waals surface area contributed by atoms with E-state index < -0.39 is 0 Å². The van der Waals surface area contributed by atoms with Crippen LogP contribution in [0, 0.1) is 0 Å². The smallest absolute Gasteiger partial charge is 0.0536 e. The molecule has 4 heteroatoms. The van der Waals surface area contributed by atoms with Crippen molar-refractivity contribution in [2.45, 2.75) is 79.1 Å². The molecule has 0 saturated heterocycles. The van der Waals surface area contributed by atoms with E-state index in [4.69, 9.17) is 0 Å². The largest absolute Gasteiger partial charge is 0.197 e. The molecule has 0 aliphatic rings. The van der Waals surface area contributed by atoms with Gasteiger partial charge < -0.3 is 0 Å². The SMILES string of the molecule is CCCCCC.CCCCCC.S.S.S.S. The molecule has 16 heavy (non-hydrogen) atoms. The normalized spacial score (nSPS) is 6.75. The highest BCUT2D eigenvalue weighted by Crippen LogP contribution is 1.95. The quantitative estimate of drug-likeness (QED) is 0.558. The molecule has 0 aromatic rings. The first-order valence-corrected chi connectivity index (χ1v) is 5.83. The average Bonchev–Trinajstić information content (AvgIpc) is 2.12. The molecule has 108 valence electrons. The lowest BCUT2D eigenvalue weighted by molar-refractivity contribution is 0.702. The van der Waals surface area contributed by atoms with E-state index >= 15 is 0 Å². The molecule has 0 radical (unpaired) electrons. The lowest BCUT2D eigenvalue weighted by atomic mass is 10.2. The van der Waals surface area contributed by atoms with Gasteiger partial charge in [0.15, 0.2) is 0 Å². The molecule has 0 nitrogen and oxygen atoms in total. The van der Waals surface area contributed by atoms with Crippen molar-refractivity contribution in [1.29, 1.82) is 0 Å². The van der Waals surface area contributed by atoms with Gasteiger partial charge >= 0.3 is 0 Å². The van der Waals surface area contributed by atoms with E-state index in [1.165, 1.54) is 51.4 Å². The molecule has 0 aromatic carbocycles. The van der Waals surface area contributed by atoms with E-state index in [0.717, 1.165) is 0 Å². The minimum absolute atomic E-state index is 0. The highest BCUT2D eigenvalue weighted by molar-refractivity contribution is 7.59. The Morgan fingerprint density at radius 3 is 0.562 bits per heavy atom. The third-order valence-corrected chi connectivity index (χ3v) is 1.91. The highest BCUT2D eigenvalue weighted by atomic mass is 32.1. The van der Waals surface area contributed by atoms with Crippen LogP contribution in [0.15, 0.2) is 0 Å². The first-order chi connectivity index (χ1) is 5.83. The Balaban J connectivity index is -0.0000000250. The lowest BCUT2D eigenvalue weighted by Gasteiger charge is -1.86. The van der Waals surface area contributed by atoms with Crippen LogP contribution in [0.25, 0.3) is 0 Å². The van der Waals surface area contributed by atoms with Crippen LogP contribution in [0.2, 0.25) is 0 Å². The van der Waals surface area contributed by atoms with Gasteiger partial charge in [0.1, 0.15) is 0 Å². The van der Waals surface area contributed by atoms with Gasteiger partial charge in [0.25, 0.3) is 0 Å². The summed E-state index contributed by atoms with van der Waals surface area (Å²) in [5, 5.41) is 0. The molecule has 0 heterocycles. The van der Waals surface area contributed by atoms with Gasteiger partial charge in [-0.25, -0.2) is 0 Å². The van der Waals surface area contributed by atoms with Crippen LogP contribution in [0.5, 0.6) is 0 Å².